The molecule has 0 saturated heterocycles. The van der Waals surface area contributed by atoms with Gasteiger partial charge in [0.1, 0.15) is 11.8 Å². The Bertz CT molecular complexity index is 854. The molecule has 9 nitrogen and oxygen atoms in total. The summed E-state index contributed by atoms with van der Waals surface area (Å²) in [6.45, 7) is 5.01. The molecule has 1 rings (SSSR count). The molecule has 0 aliphatic rings. The van der Waals surface area contributed by atoms with E-state index >= 15 is 0 Å². The second kappa shape index (κ2) is 12.2. The summed E-state index contributed by atoms with van der Waals surface area (Å²) >= 11 is 0. The minimum absolute atomic E-state index is 0.0774. The number of rotatable bonds is 12. The third-order valence-corrected chi connectivity index (χ3v) is 6.31. The molecule has 0 spiro atoms. The van der Waals surface area contributed by atoms with E-state index in [1.54, 1.807) is 44.2 Å². The van der Waals surface area contributed by atoms with Crippen LogP contribution in [0, 0.1) is 0 Å². The highest BCUT2D eigenvalue weighted by Crippen LogP contribution is 2.46. The minimum Gasteiger partial charge on any atom is -0.342 e. The predicted molar refractivity (Wildman–Crippen MR) is 114 cm³/mol. The number of carbonyl (C=O) groups excluding carboxylic acids is 3. The lowest BCUT2D eigenvalue weighted by Crippen LogP contribution is -2.58. The Morgan fingerprint density at radius 2 is 1.52 bits per heavy atom. The quantitative estimate of drug-likeness (QED) is 0.431. The molecule has 0 aliphatic heterocycles. The maximum absolute atomic E-state index is 12.9. The van der Waals surface area contributed by atoms with E-state index in [0.29, 0.717) is 5.56 Å². The molecule has 1 aromatic carbocycles. The largest absolute Gasteiger partial charge is 0.471 e. The number of benzene rings is 1. The summed E-state index contributed by atoms with van der Waals surface area (Å²) in [5, 5.41) is 3.95. The molecular weight excluding hydrogens is 466 g/mol. The summed E-state index contributed by atoms with van der Waals surface area (Å²) in [6, 6.07) is 8.45. The highest BCUT2D eigenvalue weighted by Gasteiger charge is 2.41. The lowest BCUT2D eigenvalue weighted by molar-refractivity contribution is -0.174. The molecule has 13 heteroatoms. The van der Waals surface area contributed by atoms with Crippen LogP contribution in [0.4, 0.5) is 13.2 Å². The van der Waals surface area contributed by atoms with Crippen molar-refractivity contribution in [3.63, 3.8) is 0 Å². The molecule has 186 valence electrons. The van der Waals surface area contributed by atoms with Gasteiger partial charge in [0.2, 0.25) is 11.8 Å². The van der Waals surface area contributed by atoms with Gasteiger partial charge in [0, 0.05) is 6.54 Å². The molecule has 0 aromatic heterocycles. The number of amides is 3. The Kier molecular flexibility index (Phi) is 10.5. The van der Waals surface area contributed by atoms with E-state index in [0.717, 1.165) is 4.90 Å². The van der Waals surface area contributed by atoms with Crippen LogP contribution >= 0.6 is 7.60 Å². The Labute approximate surface area is 190 Å². The first-order valence-corrected chi connectivity index (χ1v) is 11.9. The van der Waals surface area contributed by atoms with Crippen molar-refractivity contribution in [1.29, 1.82) is 0 Å². The van der Waals surface area contributed by atoms with E-state index in [9.17, 15) is 32.1 Å². The van der Waals surface area contributed by atoms with Gasteiger partial charge in [-0.25, -0.2) is 0 Å². The normalized spacial score (nSPS) is 12.2. The number of nitrogens with zero attached hydrogens (tertiary/aromatic N) is 1. The summed E-state index contributed by atoms with van der Waals surface area (Å²) < 4.78 is 60.3. The van der Waals surface area contributed by atoms with Crippen LogP contribution in [0.3, 0.4) is 0 Å². The lowest BCUT2D eigenvalue weighted by Gasteiger charge is -2.37. The fraction of sp³-hybridized carbons (Fsp3) is 0.550. The summed E-state index contributed by atoms with van der Waals surface area (Å²) in [7, 11) is -3.63. The Hall–Kier alpha value is -2.43. The number of halogens is 3. The highest BCUT2D eigenvalue weighted by atomic mass is 31.2. The van der Waals surface area contributed by atoms with Crippen molar-refractivity contribution in [3.8, 4) is 0 Å². The smallest absolute Gasteiger partial charge is 0.342 e. The number of alkyl halides is 3. The topological polar surface area (TPSA) is 114 Å². The third-order valence-electron chi connectivity index (χ3n) is 4.46. The average Bonchev–Trinajstić information content (AvgIpc) is 2.74. The number of carbonyl (C=O) groups is 3. The predicted octanol–water partition coefficient (Wildman–Crippen LogP) is 2.81. The van der Waals surface area contributed by atoms with E-state index in [1.807, 2.05) is 0 Å². The molecular formula is C20H29F3N3O6P. The van der Waals surface area contributed by atoms with Crippen LogP contribution in [0.15, 0.2) is 30.3 Å². The molecule has 0 heterocycles. The van der Waals surface area contributed by atoms with Gasteiger partial charge in [-0.15, -0.1) is 0 Å². The monoisotopic (exact) mass is 495 g/mol. The van der Waals surface area contributed by atoms with Crippen molar-refractivity contribution in [2.24, 2.45) is 0 Å². The summed E-state index contributed by atoms with van der Waals surface area (Å²) in [5.74, 6) is -3.94. The summed E-state index contributed by atoms with van der Waals surface area (Å²) in [6.07, 6.45) is -5.62. The summed E-state index contributed by atoms with van der Waals surface area (Å²) in [5.41, 5.74) is -0.998. The molecule has 3 amide bonds. The molecule has 0 atom stereocenters. The van der Waals surface area contributed by atoms with E-state index in [2.05, 4.69) is 5.32 Å². The zero-order valence-electron chi connectivity index (χ0n) is 18.9. The SMILES string of the molecule is CCOP(=O)(CNC(=O)C(C)(C)N(Cc1ccccc1)C(=O)CNC(=O)C(F)(F)F)OCC. The van der Waals surface area contributed by atoms with Crippen LogP contribution in [-0.4, -0.2) is 60.4 Å². The summed E-state index contributed by atoms with van der Waals surface area (Å²) in [4.78, 5) is 37.9. The standard InChI is InChI=1S/C20H29F3N3O6P/c1-5-31-33(30,32-6-2)14-25-17(28)19(3,4)26(13-15-10-8-7-9-11-15)16(27)12-24-18(29)20(21,22)23/h7-11H,5-6,12-14H2,1-4H3,(H,24,29)(H,25,28). The average molecular weight is 495 g/mol. The molecule has 1 aromatic rings. The van der Waals surface area contributed by atoms with Crippen LogP contribution in [-0.2, 0) is 34.5 Å². The number of nitrogens with one attached hydrogen (secondary N) is 2. The van der Waals surface area contributed by atoms with E-state index in [-0.39, 0.29) is 19.8 Å². The maximum Gasteiger partial charge on any atom is 0.471 e. The van der Waals surface area contributed by atoms with Crippen molar-refractivity contribution in [3.05, 3.63) is 35.9 Å². The number of hydrogen-bond acceptors (Lipinski definition) is 6. The van der Waals surface area contributed by atoms with Crippen LogP contribution < -0.4 is 10.6 Å². The molecule has 0 unspecified atom stereocenters. The van der Waals surface area contributed by atoms with Crippen molar-refractivity contribution in [2.45, 2.75) is 46.0 Å². The van der Waals surface area contributed by atoms with Crippen molar-refractivity contribution in [2.75, 3.05) is 26.0 Å². The lowest BCUT2D eigenvalue weighted by atomic mass is 10.00. The molecule has 33 heavy (non-hydrogen) atoms. The van der Waals surface area contributed by atoms with Gasteiger partial charge in [-0.3, -0.25) is 18.9 Å². The fourth-order valence-corrected chi connectivity index (χ4v) is 4.13. The molecule has 0 bridgehead atoms. The molecule has 0 fully saturated rings. The minimum atomic E-state index is -5.16. The highest BCUT2D eigenvalue weighted by molar-refractivity contribution is 7.53. The first kappa shape index (κ1) is 28.6. The van der Waals surface area contributed by atoms with Crippen LogP contribution in [0.25, 0.3) is 0 Å². The van der Waals surface area contributed by atoms with Crippen LogP contribution in [0.1, 0.15) is 33.3 Å². The zero-order chi connectivity index (χ0) is 25.3. The van der Waals surface area contributed by atoms with Crippen LogP contribution in [0.2, 0.25) is 0 Å². The van der Waals surface area contributed by atoms with Gasteiger partial charge < -0.3 is 24.6 Å². The maximum atomic E-state index is 12.9. The molecule has 0 radical (unpaired) electrons. The first-order chi connectivity index (χ1) is 15.3. The zero-order valence-corrected chi connectivity index (χ0v) is 19.8. The van der Waals surface area contributed by atoms with Gasteiger partial charge in [0.15, 0.2) is 0 Å². The van der Waals surface area contributed by atoms with Crippen molar-refractivity contribution >= 4 is 25.3 Å². The number of hydrogen-bond donors (Lipinski definition) is 2. The second-order valence-electron chi connectivity index (χ2n) is 7.32. The van der Waals surface area contributed by atoms with Gasteiger partial charge >= 0.3 is 19.7 Å². The molecule has 0 aliphatic carbocycles. The van der Waals surface area contributed by atoms with Gasteiger partial charge in [0.25, 0.3) is 0 Å². The fourth-order valence-electron chi connectivity index (χ4n) is 2.74. The second-order valence-corrected chi connectivity index (χ2v) is 9.37. The van der Waals surface area contributed by atoms with E-state index in [4.69, 9.17) is 9.05 Å². The van der Waals surface area contributed by atoms with Gasteiger partial charge in [0.05, 0.1) is 19.8 Å². The van der Waals surface area contributed by atoms with Crippen molar-refractivity contribution in [1.82, 2.24) is 15.5 Å². The third kappa shape index (κ3) is 8.79. The first-order valence-electron chi connectivity index (χ1n) is 10.1. The van der Waals surface area contributed by atoms with E-state index < -0.39 is 49.9 Å². The Morgan fingerprint density at radius 1 is 0.970 bits per heavy atom. The van der Waals surface area contributed by atoms with Crippen molar-refractivity contribution < 1.29 is 41.2 Å². The molecule has 0 saturated carbocycles. The van der Waals surface area contributed by atoms with Gasteiger partial charge in [-0.2, -0.15) is 13.2 Å². The van der Waals surface area contributed by atoms with Crippen LogP contribution in [0.5, 0.6) is 0 Å². The molecule has 2 N–H and O–H groups in total. The van der Waals surface area contributed by atoms with Gasteiger partial charge in [-0.1, -0.05) is 30.3 Å². The van der Waals surface area contributed by atoms with Gasteiger partial charge in [-0.05, 0) is 33.3 Å². The Morgan fingerprint density at radius 3 is 2.00 bits per heavy atom. The Balaban J connectivity index is 3.08. The van der Waals surface area contributed by atoms with E-state index in [1.165, 1.54) is 19.2 Å².